The fourth-order valence-corrected chi connectivity index (χ4v) is 3.06. The molecule has 3 aromatic rings. The van der Waals surface area contributed by atoms with Crippen molar-refractivity contribution in [2.24, 2.45) is 5.92 Å². The van der Waals surface area contributed by atoms with Gasteiger partial charge in [-0.2, -0.15) is 4.98 Å². The number of fused-ring (bicyclic) bond motifs is 1. The van der Waals surface area contributed by atoms with Crippen LogP contribution in [0.2, 0.25) is 0 Å². The molecule has 27 heavy (non-hydrogen) atoms. The summed E-state index contributed by atoms with van der Waals surface area (Å²) in [6.07, 6.45) is 0.597. The summed E-state index contributed by atoms with van der Waals surface area (Å²) < 4.78 is 16.3. The molecule has 0 aliphatic carbocycles. The van der Waals surface area contributed by atoms with Gasteiger partial charge in [0.15, 0.2) is 17.3 Å². The van der Waals surface area contributed by atoms with Gasteiger partial charge in [-0.3, -0.25) is 4.79 Å². The van der Waals surface area contributed by atoms with E-state index in [1.54, 1.807) is 7.11 Å². The Balaban J connectivity index is 1.37. The van der Waals surface area contributed by atoms with Crippen molar-refractivity contribution in [1.82, 2.24) is 15.5 Å². The lowest BCUT2D eigenvalue weighted by Gasteiger charge is -2.25. The zero-order valence-electron chi connectivity index (χ0n) is 14.8. The van der Waals surface area contributed by atoms with E-state index in [4.69, 9.17) is 14.0 Å². The van der Waals surface area contributed by atoms with E-state index in [0.717, 1.165) is 16.9 Å². The van der Waals surface area contributed by atoms with E-state index in [-0.39, 0.29) is 18.4 Å². The van der Waals surface area contributed by atoms with Crippen LogP contribution in [-0.4, -0.2) is 29.8 Å². The normalized spacial score (nSPS) is 15.5. The number of nitrogens with one attached hydrogen (secondary N) is 1. The number of rotatable bonds is 5. The molecule has 1 aromatic heterocycles. The Kier molecular flexibility index (Phi) is 4.74. The number of hydrogen-bond donors (Lipinski definition) is 1. The molecule has 7 nitrogen and oxygen atoms in total. The molecule has 1 amide bonds. The minimum absolute atomic E-state index is 0.102. The number of amides is 1. The molecule has 0 spiro atoms. The van der Waals surface area contributed by atoms with E-state index in [9.17, 15) is 4.79 Å². The van der Waals surface area contributed by atoms with Gasteiger partial charge in [0.2, 0.25) is 5.91 Å². The third-order valence-corrected chi connectivity index (χ3v) is 4.46. The molecule has 7 heteroatoms. The third-order valence-electron chi connectivity index (χ3n) is 4.46. The minimum Gasteiger partial charge on any atom is -0.493 e. The molecule has 2 aromatic carbocycles. The number of aromatic nitrogens is 2. The van der Waals surface area contributed by atoms with Crippen molar-refractivity contribution in [1.29, 1.82) is 0 Å². The summed E-state index contributed by atoms with van der Waals surface area (Å²) in [5, 5.41) is 6.78. The maximum absolute atomic E-state index is 12.5. The van der Waals surface area contributed by atoms with Gasteiger partial charge in [0.1, 0.15) is 6.61 Å². The summed E-state index contributed by atoms with van der Waals surface area (Å²) in [7, 11) is 1.60. The van der Waals surface area contributed by atoms with Gasteiger partial charge >= 0.3 is 0 Å². The van der Waals surface area contributed by atoms with Crippen LogP contribution in [0, 0.1) is 5.92 Å². The summed E-state index contributed by atoms with van der Waals surface area (Å²) in [5.74, 6) is 1.89. The smallest absolute Gasteiger partial charge is 0.257 e. The van der Waals surface area contributed by atoms with Crippen molar-refractivity contribution in [3.05, 3.63) is 59.9 Å². The molecular formula is C20H19N3O4. The Hall–Kier alpha value is -3.35. The van der Waals surface area contributed by atoms with Crippen molar-refractivity contribution >= 4 is 5.91 Å². The Morgan fingerprint density at radius 3 is 2.89 bits per heavy atom. The molecule has 1 atom stereocenters. The molecule has 0 saturated heterocycles. The van der Waals surface area contributed by atoms with Crippen molar-refractivity contribution in [2.45, 2.75) is 13.0 Å². The Morgan fingerprint density at radius 2 is 2.07 bits per heavy atom. The molecule has 138 valence electrons. The number of methoxy groups -OCH3 is 1. The van der Waals surface area contributed by atoms with E-state index in [1.165, 1.54) is 0 Å². The molecule has 0 saturated carbocycles. The second-order valence-corrected chi connectivity index (χ2v) is 6.26. The van der Waals surface area contributed by atoms with Gasteiger partial charge in [0.05, 0.1) is 19.6 Å². The van der Waals surface area contributed by atoms with Gasteiger partial charge < -0.3 is 19.3 Å². The molecule has 0 unspecified atom stereocenters. The van der Waals surface area contributed by atoms with Crippen LogP contribution in [0.15, 0.2) is 53.1 Å². The average Bonchev–Trinajstić information content (AvgIpc) is 3.21. The second kappa shape index (κ2) is 7.49. The zero-order valence-corrected chi connectivity index (χ0v) is 14.8. The van der Waals surface area contributed by atoms with Crippen LogP contribution >= 0.6 is 0 Å². The lowest BCUT2D eigenvalue weighted by atomic mass is 9.95. The molecule has 1 aliphatic rings. The number of hydrogen-bond acceptors (Lipinski definition) is 6. The van der Waals surface area contributed by atoms with Gasteiger partial charge in [-0.15, -0.1) is 0 Å². The zero-order chi connectivity index (χ0) is 18.6. The summed E-state index contributed by atoms with van der Waals surface area (Å²) in [4.78, 5) is 16.8. The first-order chi connectivity index (χ1) is 13.2. The monoisotopic (exact) mass is 365 g/mol. The summed E-state index contributed by atoms with van der Waals surface area (Å²) in [6, 6.07) is 15.2. The maximum Gasteiger partial charge on any atom is 0.257 e. The van der Waals surface area contributed by atoms with Gasteiger partial charge in [0.25, 0.3) is 5.89 Å². The number of benzene rings is 2. The van der Waals surface area contributed by atoms with Crippen molar-refractivity contribution in [3.8, 4) is 23.0 Å². The van der Waals surface area contributed by atoms with E-state index in [0.29, 0.717) is 30.5 Å². The standard InChI is InChI=1S/C20H19N3O4/c1-25-16-9-5-8-14-10-15(12-26-18(14)16)19(24)21-11-17-22-20(27-23-17)13-6-3-2-4-7-13/h2-9,15H,10-12H2,1H3,(H,21,24)/t15-/m0/s1. The van der Waals surface area contributed by atoms with E-state index in [2.05, 4.69) is 15.5 Å². The number of para-hydroxylation sites is 1. The molecule has 4 rings (SSSR count). The van der Waals surface area contributed by atoms with Crippen molar-refractivity contribution in [3.63, 3.8) is 0 Å². The number of carbonyl (C=O) groups is 1. The second-order valence-electron chi connectivity index (χ2n) is 6.26. The van der Waals surface area contributed by atoms with Crippen molar-refractivity contribution in [2.75, 3.05) is 13.7 Å². The lowest BCUT2D eigenvalue weighted by Crippen LogP contribution is -2.37. The Labute approximate surface area is 156 Å². The molecular weight excluding hydrogens is 346 g/mol. The van der Waals surface area contributed by atoms with E-state index >= 15 is 0 Å². The molecule has 1 N–H and O–H groups in total. The molecule has 2 heterocycles. The highest BCUT2D eigenvalue weighted by atomic mass is 16.5. The van der Waals surface area contributed by atoms with Gasteiger partial charge in [0, 0.05) is 5.56 Å². The summed E-state index contributed by atoms with van der Waals surface area (Å²) >= 11 is 0. The van der Waals surface area contributed by atoms with E-state index < -0.39 is 0 Å². The molecule has 0 bridgehead atoms. The Bertz CT molecular complexity index is 939. The Morgan fingerprint density at radius 1 is 1.22 bits per heavy atom. The first-order valence-corrected chi connectivity index (χ1v) is 8.69. The van der Waals surface area contributed by atoms with Crippen LogP contribution in [-0.2, 0) is 17.8 Å². The predicted molar refractivity (Wildman–Crippen MR) is 97.3 cm³/mol. The van der Waals surface area contributed by atoms with Crippen LogP contribution in [0.3, 0.4) is 0 Å². The SMILES string of the molecule is COc1cccc2c1OC[C@@H](C(=O)NCc1noc(-c3ccccc3)n1)C2. The largest absolute Gasteiger partial charge is 0.493 e. The predicted octanol–water partition coefficient (Wildman–Crippen LogP) is 2.61. The average molecular weight is 365 g/mol. The topological polar surface area (TPSA) is 86.5 Å². The van der Waals surface area contributed by atoms with E-state index in [1.807, 2.05) is 48.5 Å². The van der Waals surface area contributed by atoms with Gasteiger partial charge in [-0.05, 0) is 30.2 Å². The van der Waals surface area contributed by atoms with Crippen LogP contribution in [0.25, 0.3) is 11.5 Å². The first-order valence-electron chi connectivity index (χ1n) is 8.69. The molecule has 0 radical (unpaired) electrons. The highest BCUT2D eigenvalue weighted by Gasteiger charge is 2.28. The molecule has 0 fully saturated rings. The highest BCUT2D eigenvalue weighted by Crippen LogP contribution is 2.36. The van der Waals surface area contributed by atoms with Crippen molar-refractivity contribution < 1.29 is 18.8 Å². The van der Waals surface area contributed by atoms with Gasteiger partial charge in [-0.1, -0.05) is 35.5 Å². The van der Waals surface area contributed by atoms with Crippen LogP contribution in [0.1, 0.15) is 11.4 Å². The third kappa shape index (κ3) is 3.62. The van der Waals surface area contributed by atoms with Crippen LogP contribution in [0.4, 0.5) is 0 Å². The number of carbonyl (C=O) groups excluding carboxylic acids is 1. The molecule has 1 aliphatic heterocycles. The minimum atomic E-state index is -0.273. The summed E-state index contributed by atoms with van der Waals surface area (Å²) in [5.41, 5.74) is 1.81. The number of nitrogens with zero attached hydrogens (tertiary/aromatic N) is 2. The van der Waals surface area contributed by atoms with Gasteiger partial charge in [-0.25, -0.2) is 0 Å². The number of ether oxygens (including phenoxy) is 2. The van der Waals surface area contributed by atoms with Crippen LogP contribution < -0.4 is 14.8 Å². The maximum atomic E-state index is 12.5. The fourth-order valence-electron chi connectivity index (χ4n) is 3.06. The quantitative estimate of drug-likeness (QED) is 0.748. The first kappa shape index (κ1) is 17.1. The van der Waals surface area contributed by atoms with Crippen LogP contribution in [0.5, 0.6) is 11.5 Å². The summed E-state index contributed by atoms with van der Waals surface area (Å²) in [6.45, 7) is 0.511. The highest BCUT2D eigenvalue weighted by molar-refractivity contribution is 5.79. The fraction of sp³-hybridized carbons (Fsp3) is 0.250. The lowest BCUT2D eigenvalue weighted by molar-refractivity contribution is -0.126.